The second kappa shape index (κ2) is 6.93. The number of carbonyl (C=O) groups excluding carboxylic acids is 1. The Balaban J connectivity index is 2.30. The molecule has 0 bridgehead atoms. The van der Waals surface area contributed by atoms with Gasteiger partial charge in [-0.1, -0.05) is 6.92 Å². The minimum Gasteiger partial charge on any atom is -0.393 e. The van der Waals surface area contributed by atoms with Gasteiger partial charge in [-0.2, -0.15) is 4.98 Å². The van der Waals surface area contributed by atoms with Crippen LogP contribution in [0.15, 0.2) is 0 Å². The van der Waals surface area contributed by atoms with E-state index in [1.807, 2.05) is 20.8 Å². The van der Waals surface area contributed by atoms with E-state index in [0.29, 0.717) is 35.4 Å². The molecule has 1 saturated carbocycles. The van der Waals surface area contributed by atoms with Crippen molar-refractivity contribution in [2.24, 2.45) is 11.7 Å². The fourth-order valence-corrected chi connectivity index (χ4v) is 2.99. The maximum atomic E-state index is 11.8. The average Bonchev–Trinajstić information content (AvgIpc) is 2.40. The van der Waals surface area contributed by atoms with Crippen LogP contribution in [-0.2, 0) is 0 Å². The Morgan fingerprint density at radius 2 is 1.96 bits per heavy atom. The minimum absolute atomic E-state index is 0.0612. The predicted molar refractivity (Wildman–Crippen MR) is 95.1 cm³/mol. The summed E-state index contributed by atoms with van der Waals surface area (Å²) in [5.74, 6) is 0.636. The molecule has 0 spiro atoms. The van der Waals surface area contributed by atoms with Gasteiger partial charge < -0.3 is 21.5 Å². The fraction of sp³-hybridized carbons (Fsp3) is 0.706. The summed E-state index contributed by atoms with van der Waals surface area (Å²) in [5.41, 5.74) is 6.16. The molecule has 24 heavy (non-hydrogen) atoms. The number of primary amides is 1. The number of nitrogens with zero attached hydrogens (tertiary/aromatic N) is 2. The molecule has 3 atom stereocenters. The molecule has 1 amide bonds. The van der Waals surface area contributed by atoms with Gasteiger partial charge in [0.2, 0.25) is 5.95 Å². The van der Waals surface area contributed by atoms with Gasteiger partial charge in [-0.25, -0.2) is 4.98 Å². The van der Waals surface area contributed by atoms with Crippen molar-refractivity contribution in [1.29, 1.82) is 0 Å². The average molecular weight is 335 g/mol. The Bertz CT molecular complexity index is 612. The van der Waals surface area contributed by atoms with Crippen molar-refractivity contribution in [2.75, 3.05) is 10.6 Å². The van der Waals surface area contributed by atoms with Gasteiger partial charge in [-0.15, -0.1) is 0 Å². The first-order chi connectivity index (χ1) is 11.1. The van der Waals surface area contributed by atoms with E-state index in [1.165, 1.54) is 0 Å². The summed E-state index contributed by atoms with van der Waals surface area (Å²) >= 11 is 0. The molecule has 0 radical (unpaired) electrons. The van der Waals surface area contributed by atoms with Crippen molar-refractivity contribution >= 4 is 17.7 Å². The van der Waals surface area contributed by atoms with Gasteiger partial charge in [0.15, 0.2) is 0 Å². The van der Waals surface area contributed by atoms with Crippen LogP contribution in [0.4, 0.5) is 11.8 Å². The Kier molecular flexibility index (Phi) is 5.32. The molecule has 1 fully saturated rings. The zero-order valence-corrected chi connectivity index (χ0v) is 15.2. The van der Waals surface area contributed by atoms with Crippen molar-refractivity contribution in [3.05, 3.63) is 11.3 Å². The van der Waals surface area contributed by atoms with Gasteiger partial charge in [-0.3, -0.25) is 4.79 Å². The summed E-state index contributed by atoms with van der Waals surface area (Å²) in [6, 6.07) is 0.0612. The number of rotatable bonds is 4. The van der Waals surface area contributed by atoms with Crippen LogP contribution in [-0.4, -0.2) is 38.7 Å². The molecule has 3 unspecified atom stereocenters. The summed E-state index contributed by atoms with van der Waals surface area (Å²) in [7, 11) is 0. The highest BCUT2D eigenvalue weighted by atomic mass is 16.3. The third-order valence-electron chi connectivity index (χ3n) is 4.32. The monoisotopic (exact) mass is 335 g/mol. The number of amides is 1. The van der Waals surface area contributed by atoms with Crippen LogP contribution in [0.1, 0.15) is 63.0 Å². The summed E-state index contributed by atoms with van der Waals surface area (Å²) in [6.45, 7) is 9.84. The lowest BCUT2D eigenvalue weighted by Crippen LogP contribution is -2.36. The van der Waals surface area contributed by atoms with Crippen LogP contribution in [0.2, 0.25) is 0 Å². The highest BCUT2D eigenvalue weighted by Gasteiger charge is 2.28. The normalized spacial score (nSPS) is 24.5. The van der Waals surface area contributed by atoms with Crippen molar-refractivity contribution in [3.8, 4) is 0 Å². The molecule has 5 N–H and O–H groups in total. The zero-order valence-electron chi connectivity index (χ0n) is 15.2. The van der Waals surface area contributed by atoms with E-state index in [9.17, 15) is 9.90 Å². The van der Waals surface area contributed by atoms with E-state index in [1.54, 1.807) is 6.92 Å². The molecule has 0 aromatic carbocycles. The zero-order chi connectivity index (χ0) is 18.1. The summed E-state index contributed by atoms with van der Waals surface area (Å²) < 4.78 is 0. The minimum atomic E-state index is -0.554. The molecular formula is C17H29N5O2. The van der Waals surface area contributed by atoms with Gasteiger partial charge in [0, 0.05) is 11.6 Å². The maximum Gasteiger partial charge on any atom is 0.254 e. The number of anilines is 2. The van der Waals surface area contributed by atoms with E-state index in [2.05, 4.69) is 27.5 Å². The number of aliphatic hydroxyl groups excluding tert-OH is 1. The van der Waals surface area contributed by atoms with E-state index in [-0.39, 0.29) is 17.7 Å². The topological polar surface area (TPSA) is 113 Å². The first kappa shape index (κ1) is 18.4. The SMILES string of the molecule is Cc1nc(NC(C)(C)C)nc(NC2CCC(C)C(O)C2)c1C(N)=O. The van der Waals surface area contributed by atoms with Gasteiger partial charge in [0.1, 0.15) is 11.4 Å². The van der Waals surface area contributed by atoms with Crippen LogP contribution >= 0.6 is 0 Å². The van der Waals surface area contributed by atoms with Crippen molar-refractivity contribution in [1.82, 2.24) is 9.97 Å². The molecule has 0 saturated heterocycles. The molecule has 1 aromatic rings. The molecule has 134 valence electrons. The van der Waals surface area contributed by atoms with Crippen molar-refractivity contribution < 1.29 is 9.90 Å². The highest BCUT2D eigenvalue weighted by Crippen LogP contribution is 2.28. The number of hydrogen-bond acceptors (Lipinski definition) is 6. The first-order valence-electron chi connectivity index (χ1n) is 8.48. The van der Waals surface area contributed by atoms with Gasteiger partial charge >= 0.3 is 0 Å². The molecule has 7 heteroatoms. The standard InChI is InChI=1S/C17H29N5O2/c1-9-6-7-11(8-12(9)23)20-15-13(14(18)24)10(2)19-16(21-15)22-17(3,4)5/h9,11-12,23H,6-8H2,1-5H3,(H2,18,24)(H2,19,20,21,22). The van der Waals surface area contributed by atoms with E-state index < -0.39 is 5.91 Å². The summed E-state index contributed by atoms with van der Waals surface area (Å²) in [5, 5.41) is 16.6. The van der Waals surface area contributed by atoms with Gasteiger partial charge in [-0.05, 0) is 52.9 Å². The van der Waals surface area contributed by atoms with E-state index in [0.717, 1.165) is 12.8 Å². The van der Waals surface area contributed by atoms with Crippen LogP contribution < -0.4 is 16.4 Å². The van der Waals surface area contributed by atoms with Crippen LogP contribution in [0, 0.1) is 12.8 Å². The van der Waals surface area contributed by atoms with Gasteiger partial charge in [0.05, 0.1) is 11.8 Å². The lowest BCUT2D eigenvalue weighted by molar-refractivity contribution is 0.0739. The summed E-state index contributed by atoms with van der Waals surface area (Å²) in [6.07, 6.45) is 2.14. The van der Waals surface area contributed by atoms with Crippen LogP contribution in [0.3, 0.4) is 0 Å². The highest BCUT2D eigenvalue weighted by molar-refractivity contribution is 5.98. The number of aryl methyl sites for hydroxylation is 1. The Morgan fingerprint density at radius 3 is 2.50 bits per heavy atom. The molecule has 1 aromatic heterocycles. The first-order valence-corrected chi connectivity index (χ1v) is 8.48. The fourth-order valence-electron chi connectivity index (χ4n) is 2.99. The lowest BCUT2D eigenvalue weighted by Gasteiger charge is -2.32. The second-order valence-electron chi connectivity index (χ2n) is 7.79. The number of hydrogen-bond donors (Lipinski definition) is 4. The third-order valence-corrected chi connectivity index (χ3v) is 4.32. The van der Waals surface area contributed by atoms with Gasteiger partial charge in [0.25, 0.3) is 5.91 Å². The Hall–Kier alpha value is -1.89. The second-order valence-corrected chi connectivity index (χ2v) is 7.79. The molecule has 7 nitrogen and oxygen atoms in total. The number of carbonyl (C=O) groups is 1. The third kappa shape index (κ3) is 4.56. The van der Waals surface area contributed by atoms with Crippen LogP contribution in [0.5, 0.6) is 0 Å². The Morgan fingerprint density at radius 1 is 1.29 bits per heavy atom. The largest absolute Gasteiger partial charge is 0.393 e. The maximum absolute atomic E-state index is 11.8. The molecule has 2 rings (SSSR count). The lowest BCUT2D eigenvalue weighted by atomic mass is 9.85. The number of nitrogens with one attached hydrogen (secondary N) is 2. The number of nitrogens with two attached hydrogens (primary N) is 1. The van der Waals surface area contributed by atoms with E-state index >= 15 is 0 Å². The van der Waals surface area contributed by atoms with Crippen molar-refractivity contribution in [3.63, 3.8) is 0 Å². The number of aromatic nitrogens is 2. The van der Waals surface area contributed by atoms with Crippen molar-refractivity contribution in [2.45, 2.75) is 71.6 Å². The van der Waals surface area contributed by atoms with E-state index in [4.69, 9.17) is 5.73 Å². The summed E-state index contributed by atoms with van der Waals surface area (Å²) in [4.78, 5) is 20.6. The molecule has 1 aliphatic carbocycles. The smallest absolute Gasteiger partial charge is 0.254 e. The molecule has 0 aliphatic heterocycles. The molecular weight excluding hydrogens is 306 g/mol. The molecule has 1 heterocycles. The Labute approximate surface area is 143 Å². The molecule has 1 aliphatic rings. The predicted octanol–water partition coefficient (Wildman–Crippen LogP) is 2.06. The van der Waals surface area contributed by atoms with Crippen LogP contribution in [0.25, 0.3) is 0 Å². The quantitative estimate of drug-likeness (QED) is 0.670. The number of aliphatic hydroxyl groups is 1.